The molecule has 2 aliphatic rings. The summed E-state index contributed by atoms with van der Waals surface area (Å²) in [6, 6.07) is 0.140. The van der Waals surface area contributed by atoms with E-state index in [9.17, 15) is 9.59 Å². The summed E-state index contributed by atoms with van der Waals surface area (Å²) in [7, 11) is 0. The van der Waals surface area contributed by atoms with Crippen molar-refractivity contribution < 1.29 is 14.7 Å². The van der Waals surface area contributed by atoms with Gasteiger partial charge in [-0.2, -0.15) is 0 Å². The second kappa shape index (κ2) is 6.37. The molecule has 5 heteroatoms. The van der Waals surface area contributed by atoms with Crippen LogP contribution in [-0.4, -0.2) is 40.5 Å². The van der Waals surface area contributed by atoms with E-state index in [0.29, 0.717) is 19.4 Å². The molecule has 0 aromatic rings. The molecule has 3 atom stereocenters. The van der Waals surface area contributed by atoms with E-state index in [1.807, 2.05) is 4.90 Å². The van der Waals surface area contributed by atoms with Crippen molar-refractivity contribution in [3.63, 3.8) is 0 Å². The molecule has 108 valence electrons. The van der Waals surface area contributed by atoms with E-state index in [0.717, 1.165) is 38.5 Å². The Labute approximate surface area is 114 Å². The first-order valence-electron chi connectivity index (χ1n) is 7.39. The van der Waals surface area contributed by atoms with Crippen molar-refractivity contribution in [2.75, 3.05) is 6.54 Å². The summed E-state index contributed by atoms with van der Waals surface area (Å²) in [6.07, 6.45) is 7.08. The number of fused-ring (bicyclic) bond motifs is 2. The summed E-state index contributed by atoms with van der Waals surface area (Å²) < 4.78 is 0. The van der Waals surface area contributed by atoms with E-state index in [4.69, 9.17) is 10.8 Å². The van der Waals surface area contributed by atoms with Gasteiger partial charge in [-0.05, 0) is 38.6 Å². The first-order chi connectivity index (χ1) is 9.15. The maximum Gasteiger partial charge on any atom is 0.308 e. The van der Waals surface area contributed by atoms with Crippen LogP contribution >= 0.6 is 0 Å². The van der Waals surface area contributed by atoms with Crippen molar-refractivity contribution in [1.29, 1.82) is 0 Å². The molecule has 0 radical (unpaired) electrons. The molecule has 2 fully saturated rings. The molecule has 2 heterocycles. The number of hydrogen-bond acceptors (Lipinski definition) is 3. The quantitative estimate of drug-likeness (QED) is 0.683. The highest BCUT2D eigenvalue weighted by atomic mass is 16.4. The number of carbonyl (C=O) groups excluding carboxylic acids is 1. The van der Waals surface area contributed by atoms with E-state index in [-0.39, 0.29) is 23.9 Å². The summed E-state index contributed by atoms with van der Waals surface area (Å²) in [5.41, 5.74) is 5.43. The van der Waals surface area contributed by atoms with Crippen LogP contribution in [0.25, 0.3) is 0 Å². The molecule has 0 aliphatic carbocycles. The lowest BCUT2D eigenvalue weighted by molar-refractivity contribution is -0.143. The Hall–Kier alpha value is -1.10. The van der Waals surface area contributed by atoms with Crippen molar-refractivity contribution in [3.05, 3.63) is 0 Å². The van der Waals surface area contributed by atoms with E-state index in [1.54, 1.807) is 0 Å². The third-order valence-corrected chi connectivity index (χ3v) is 4.49. The van der Waals surface area contributed by atoms with Gasteiger partial charge in [0, 0.05) is 18.5 Å². The minimum atomic E-state index is -0.743. The van der Waals surface area contributed by atoms with Crippen LogP contribution in [0.4, 0.5) is 0 Å². The van der Waals surface area contributed by atoms with Crippen molar-refractivity contribution in [2.24, 2.45) is 11.7 Å². The van der Waals surface area contributed by atoms with Crippen molar-refractivity contribution in [1.82, 2.24) is 4.90 Å². The van der Waals surface area contributed by atoms with Gasteiger partial charge in [0.25, 0.3) is 0 Å². The Balaban J connectivity index is 1.79. The third kappa shape index (κ3) is 3.08. The number of nitrogens with two attached hydrogens (primary N) is 1. The smallest absolute Gasteiger partial charge is 0.308 e. The molecule has 2 aliphatic heterocycles. The molecule has 2 saturated heterocycles. The van der Waals surface area contributed by atoms with Crippen molar-refractivity contribution >= 4 is 11.9 Å². The standard InChI is InChI=1S/C14H24N2O3/c15-8-4-2-1-3-5-13(17)16-10-6-7-12(16)11(9-10)14(18)19/h10-12H,1-9,15H2,(H,18,19). The molecular formula is C14H24N2O3. The molecule has 0 aromatic carbocycles. The molecule has 5 nitrogen and oxygen atoms in total. The summed E-state index contributed by atoms with van der Waals surface area (Å²) in [6.45, 7) is 0.713. The first kappa shape index (κ1) is 14.3. The van der Waals surface area contributed by atoms with Gasteiger partial charge in [-0.15, -0.1) is 0 Å². The fourth-order valence-corrected chi connectivity index (χ4v) is 3.55. The van der Waals surface area contributed by atoms with E-state index < -0.39 is 5.97 Å². The van der Waals surface area contributed by atoms with Crippen molar-refractivity contribution in [2.45, 2.75) is 63.5 Å². The number of aliphatic carboxylic acids is 1. The molecule has 2 bridgehead atoms. The maximum atomic E-state index is 12.2. The Morgan fingerprint density at radius 2 is 1.89 bits per heavy atom. The topological polar surface area (TPSA) is 83.6 Å². The fourth-order valence-electron chi connectivity index (χ4n) is 3.55. The zero-order chi connectivity index (χ0) is 13.8. The highest BCUT2D eigenvalue weighted by Crippen LogP contribution is 2.42. The van der Waals surface area contributed by atoms with Crippen LogP contribution in [-0.2, 0) is 9.59 Å². The van der Waals surface area contributed by atoms with Gasteiger partial charge in [-0.25, -0.2) is 0 Å². The lowest BCUT2D eigenvalue weighted by Crippen LogP contribution is -2.37. The number of nitrogens with zero attached hydrogens (tertiary/aromatic N) is 1. The monoisotopic (exact) mass is 268 g/mol. The summed E-state index contributed by atoms with van der Waals surface area (Å²) in [5, 5.41) is 9.16. The normalized spacial score (nSPS) is 28.9. The predicted molar refractivity (Wildman–Crippen MR) is 71.5 cm³/mol. The number of carboxylic acid groups (broad SMARTS) is 1. The van der Waals surface area contributed by atoms with E-state index in [2.05, 4.69) is 0 Å². The molecule has 19 heavy (non-hydrogen) atoms. The summed E-state index contributed by atoms with van der Waals surface area (Å²) in [4.78, 5) is 25.2. The van der Waals surface area contributed by atoms with Crippen LogP contribution in [0.5, 0.6) is 0 Å². The average Bonchev–Trinajstić information content (AvgIpc) is 2.95. The fraction of sp³-hybridized carbons (Fsp3) is 0.857. The molecule has 3 N–H and O–H groups in total. The Morgan fingerprint density at radius 1 is 1.16 bits per heavy atom. The third-order valence-electron chi connectivity index (χ3n) is 4.49. The number of carboxylic acids is 1. The van der Waals surface area contributed by atoms with E-state index in [1.165, 1.54) is 0 Å². The van der Waals surface area contributed by atoms with Crippen LogP contribution in [0.15, 0.2) is 0 Å². The first-order valence-corrected chi connectivity index (χ1v) is 7.39. The zero-order valence-corrected chi connectivity index (χ0v) is 11.4. The average molecular weight is 268 g/mol. The van der Waals surface area contributed by atoms with Crippen LogP contribution in [0.3, 0.4) is 0 Å². The molecule has 2 rings (SSSR count). The van der Waals surface area contributed by atoms with Crippen molar-refractivity contribution in [3.8, 4) is 0 Å². The SMILES string of the molecule is NCCCCCCC(=O)N1C2CCC1C(C(=O)O)C2. The van der Waals surface area contributed by atoms with Gasteiger partial charge >= 0.3 is 5.97 Å². The van der Waals surface area contributed by atoms with E-state index >= 15 is 0 Å². The number of amides is 1. The number of hydrogen-bond donors (Lipinski definition) is 2. The van der Waals surface area contributed by atoms with Gasteiger partial charge in [0.1, 0.15) is 0 Å². The number of carbonyl (C=O) groups is 2. The zero-order valence-electron chi connectivity index (χ0n) is 11.4. The van der Waals surface area contributed by atoms with Gasteiger partial charge in [0.15, 0.2) is 0 Å². The Kier molecular flexibility index (Phi) is 4.80. The van der Waals surface area contributed by atoms with Gasteiger partial charge < -0.3 is 15.7 Å². The Bertz CT molecular complexity index is 346. The van der Waals surface area contributed by atoms with Crippen LogP contribution < -0.4 is 5.73 Å². The molecule has 0 aromatic heterocycles. The molecule has 0 spiro atoms. The lowest BCUT2D eigenvalue weighted by atomic mass is 9.89. The summed E-state index contributed by atoms with van der Waals surface area (Å²) >= 11 is 0. The second-order valence-electron chi connectivity index (χ2n) is 5.73. The maximum absolute atomic E-state index is 12.2. The molecular weight excluding hydrogens is 244 g/mol. The number of unbranched alkanes of at least 4 members (excludes halogenated alkanes) is 3. The van der Waals surface area contributed by atoms with Crippen LogP contribution in [0, 0.1) is 5.92 Å². The van der Waals surface area contributed by atoms with Crippen LogP contribution in [0.1, 0.15) is 51.4 Å². The van der Waals surface area contributed by atoms with Gasteiger partial charge in [0.05, 0.1) is 5.92 Å². The minimum Gasteiger partial charge on any atom is -0.481 e. The van der Waals surface area contributed by atoms with Crippen LogP contribution in [0.2, 0.25) is 0 Å². The molecule has 3 unspecified atom stereocenters. The Morgan fingerprint density at radius 3 is 2.53 bits per heavy atom. The van der Waals surface area contributed by atoms with Gasteiger partial charge in [-0.3, -0.25) is 9.59 Å². The molecule has 1 amide bonds. The van der Waals surface area contributed by atoms with Gasteiger partial charge in [0.2, 0.25) is 5.91 Å². The highest BCUT2D eigenvalue weighted by molar-refractivity contribution is 5.80. The lowest BCUT2D eigenvalue weighted by Gasteiger charge is -2.23. The minimum absolute atomic E-state index is 0.0426. The molecule has 0 saturated carbocycles. The summed E-state index contributed by atoms with van der Waals surface area (Å²) in [5.74, 6) is -0.920. The van der Waals surface area contributed by atoms with Gasteiger partial charge in [-0.1, -0.05) is 12.8 Å². The number of rotatable bonds is 7. The highest BCUT2D eigenvalue weighted by Gasteiger charge is 2.50. The largest absolute Gasteiger partial charge is 0.481 e. The predicted octanol–water partition coefficient (Wildman–Crippen LogP) is 1.36. The second-order valence-corrected chi connectivity index (χ2v) is 5.73.